The molecule has 0 aromatic heterocycles. The SMILES string of the molecule is CS(=O)(=O)Cc1cccc(CNC(=O)CCC2CCNCC2)c1. The van der Waals surface area contributed by atoms with Crippen molar-refractivity contribution in [1.29, 1.82) is 0 Å². The summed E-state index contributed by atoms with van der Waals surface area (Å²) in [4.78, 5) is 12.0. The number of carbonyl (C=O) groups excluding carboxylic acids is 1. The van der Waals surface area contributed by atoms with Crippen LogP contribution in [-0.2, 0) is 26.9 Å². The minimum atomic E-state index is -3.04. The number of hydrogen-bond donors (Lipinski definition) is 2. The Hall–Kier alpha value is -1.40. The second-order valence-corrected chi connectivity index (χ2v) is 8.54. The molecule has 0 saturated carbocycles. The Morgan fingerprint density at radius 1 is 1.26 bits per heavy atom. The lowest BCUT2D eigenvalue weighted by molar-refractivity contribution is -0.121. The molecular formula is C17H26N2O3S. The molecule has 5 nitrogen and oxygen atoms in total. The van der Waals surface area contributed by atoms with E-state index in [-0.39, 0.29) is 11.7 Å². The lowest BCUT2D eigenvalue weighted by Gasteiger charge is -2.22. The first-order valence-corrected chi connectivity index (χ1v) is 10.2. The molecule has 1 aromatic carbocycles. The molecule has 0 radical (unpaired) electrons. The predicted octanol–water partition coefficient (Wildman–Crippen LogP) is 1.63. The van der Waals surface area contributed by atoms with Gasteiger partial charge in [0.05, 0.1) is 5.75 Å². The number of carbonyl (C=O) groups is 1. The third-order valence-corrected chi connectivity index (χ3v) is 5.01. The molecule has 1 fully saturated rings. The van der Waals surface area contributed by atoms with Crippen molar-refractivity contribution >= 4 is 15.7 Å². The summed E-state index contributed by atoms with van der Waals surface area (Å²) in [6, 6.07) is 7.37. The van der Waals surface area contributed by atoms with Gasteiger partial charge in [0.2, 0.25) is 5.91 Å². The fourth-order valence-corrected chi connectivity index (χ4v) is 3.71. The minimum Gasteiger partial charge on any atom is -0.352 e. The molecule has 128 valence electrons. The second-order valence-electron chi connectivity index (χ2n) is 6.40. The van der Waals surface area contributed by atoms with Crippen LogP contribution in [0.4, 0.5) is 0 Å². The van der Waals surface area contributed by atoms with E-state index in [1.807, 2.05) is 18.2 Å². The molecule has 0 atom stereocenters. The van der Waals surface area contributed by atoms with Crippen molar-refractivity contribution in [1.82, 2.24) is 10.6 Å². The lowest BCUT2D eigenvalue weighted by atomic mass is 9.93. The van der Waals surface area contributed by atoms with Crippen molar-refractivity contribution in [2.75, 3.05) is 19.3 Å². The highest BCUT2D eigenvalue weighted by molar-refractivity contribution is 7.89. The monoisotopic (exact) mass is 338 g/mol. The van der Waals surface area contributed by atoms with E-state index in [2.05, 4.69) is 10.6 Å². The van der Waals surface area contributed by atoms with Gasteiger partial charge < -0.3 is 10.6 Å². The molecule has 1 aliphatic heterocycles. The van der Waals surface area contributed by atoms with Crippen LogP contribution in [0.2, 0.25) is 0 Å². The highest BCUT2D eigenvalue weighted by Gasteiger charge is 2.14. The topological polar surface area (TPSA) is 75.3 Å². The Balaban J connectivity index is 1.76. The fourth-order valence-electron chi connectivity index (χ4n) is 2.93. The van der Waals surface area contributed by atoms with Gasteiger partial charge in [0.25, 0.3) is 0 Å². The summed E-state index contributed by atoms with van der Waals surface area (Å²) in [5.41, 5.74) is 1.69. The molecule has 1 heterocycles. The Kier molecular flexibility index (Phi) is 6.59. The Morgan fingerprint density at radius 2 is 1.96 bits per heavy atom. The molecular weight excluding hydrogens is 312 g/mol. The fraction of sp³-hybridized carbons (Fsp3) is 0.588. The van der Waals surface area contributed by atoms with Crippen LogP contribution in [0.3, 0.4) is 0 Å². The zero-order valence-corrected chi connectivity index (χ0v) is 14.5. The summed E-state index contributed by atoms with van der Waals surface area (Å²) in [6.07, 6.45) is 5.04. The van der Waals surface area contributed by atoms with E-state index < -0.39 is 9.84 Å². The smallest absolute Gasteiger partial charge is 0.220 e. The van der Waals surface area contributed by atoms with Crippen LogP contribution in [0.1, 0.15) is 36.8 Å². The van der Waals surface area contributed by atoms with E-state index in [4.69, 9.17) is 0 Å². The Bertz CT molecular complexity index is 622. The van der Waals surface area contributed by atoms with Gasteiger partial charge in [-0.2, -0.15) is 0 Å². The Labute approximate surface area is 138 Å². The highest BCUT2D eigenvalue weighted by Crippen LogP contribution is 2.17. The number of piperidine rings is 1. The minimum absolute atomic E-state index is 0.0322. The Morgan fingerprint density at radius 3 is 2.65 bits per heavy atom. The van der Waals surface area contributed by atoms with Crippen LogP contribution in [0.5, 0.6) is 0 Å². The van der Waals surface area contributed by atoms with Gasteiger partial charge >= 0.3 is 0 Å². The first kappa shape index (κ1) is 17.9. The summed E-state index contributed by atoms with van der Waals surface area (Å²) >= 11 is 0. The largest absolute Gasteiger partial charge is 0.352 e. The maximum atomic E-state index is 12.0. The number of nitrogens with one attached hydrogen (secondary N) is 2. The number of sulfone groups is 1. The molecule has 1 aromatic rings. The first-order valence-electron chi connectivity index (χ1n) is 8.15. The predicted molar refractivity (Wildman–Crippen MR) is 91.7 cm³/mol. The zero-order valence-electron chi connectivity index (χ0n) is 13.7. The van der Waals surface area contributed by atoms with E-state index in [1.54, 1.807) is 6.07 Å². The summed E-state index contributed by atoms with van der Waals surface area (Å²) in [6.45, 7) is 2.56. The van der Waals surface area contributed by atoms with Crippen molar-refractivity contribution in [3.05, 3.63) is 35.4 Å². The zero-order chi connectivity index (χ0) is 16.7. The normalized spacial score (nSPS) is 16.2. The van der Waals surface area contributed by atoms with Gasteiger partial charge in [-0.15, -0.1) is 0 Å². The molecule has 2 N–H and O–H groups in total. The van der Waals surface area contributed by atoms with Crippen LogP contribution in [-0.4, -0.2) is 33.7 Å². The number of hydrogen-bond acceptors (Lipinski definition) is 4. The molecule has 1 saturated heterocycles. The van der Waals surface area contributed by atoms with E-state index >= 15 is 0 Å². The van der Waals surface area contributed by atoms with E-state index in [0.717, 1.165) is 43.5 Å². The molecule has 6 heteroatoms. The highest BCUT2D eigenvalue weighted by atomic mass is 32.2. The summed E-state index contributed by atoms with van der Waals surface area (Å²) < 4.78 is 22.7. The van der Waals surface area contributed by atoms with E-state index in [1.165, 1.54) is 6.26 Å². The molecule has 2 rings (SSSR count). The molecule has 0 bridgehead atoms. The quantitative estimate of drug-likeness (QED) is 0.792. The second kappa shape index (κ2) is 8.45. The van der Waals surface area contributed by atoms with Crippen molar-refractivity contribution < 1.29 is 13.2 Å². The average Bonchev–Trinajstić information content (AvgIpc) is 2.51. The molecule has 0 aliphatic carbocycles. The van der Waals surface area contributed by atoms with Crippen LogP contribution in [0.15, 0.2) is 24.3 Å². The van der Waals surface area contributed by atoms with E-state index in [9.17, 15) is 13.2 Å². The molecule has 1 amide bonds. The van der Waals surface area contributed by atoms with Gasteiger partial charge in [-0.1, -0.05) is 24.3 Å². The molecule has 1 aliphatic rings. The third kappa shape index (κ3) is 7.14. The van der Waals surface area contributed by atoms with Crippen LogP contribution in [0.25, 0.3) is 0 Å². The van der Waals surface area contributed by atoms with Gasteiger partial charge in [0.15, 0.2) is 9.84 Å². The molecule has 0 unspecified atom stereocenters. The van der Waals surface area contributed by atoms with E-state index in [0.29, 0.717) is 18.9 Å². The summed E-state index contributed by atoms with van der Waals surface area (Å²) in [5, 5.41) is 6.25. The lowest BCUT2D eigenvalue weighted by Crippen LogP contribution is -2.29. The number of benzene rings is 1. The van der Waals surface area contributed by atoms with Gasteiger partial charge in [-0.3, -0.25) is 4.79 Å². The van der Waals surface area contributed by atoms with Crippen molar-refractivity contribution in [2.24, 2.45) is 5.92 Å². The van der Waals surface area contributed by atoms with Crippen molar-refractivity contribution in [3.63, 3.8) is 0 Å². The molecule has 0 spiro atoms. The maximum Gasteiger partial charge on any atom is 0.220 e. The maximum absolute atomic E-state index is 12.0. The number of amides is 1. The van der Waals surface area contributed by atoms with Crippen LogP contribution >= 0.6 is 0 Å². The summed E-state index contributed by atoms with van der Waals surface area (Å²) in [5.74, 6) is 0.752. The first-order chi connectivity index (χ1) is 10.9. The van der Waals surface area contributed by atoms with Gasteiger partial charge in [0.1, 0.15) is 0 Å². The third-order valence-electron chi connectivity index (χ3n) is 4.15. The molecule has 23 heavy (non-hydrogen) atoms. The van der Waals surface area contributed by atoms with Gasteiger partial charge in [-0.25, -0.2) is 8.42 Å². The summed E-state index contributed by atoms with van der Waals surface area (Å²) in [7, 11) is -3.04. The number of rotatable bonds is 7. The van der Waals surface area contributed by atoms with Gasteiger partial charge in [0, 0.05) is 19.2 Å². The average molecular weight is 338 g/mol. The van der Waals surface area contributed by atoms with Crippen LogP contribution in [0, 0.1) is 5.92 Å². The van der Waals surface area contributed by atoms with Crippen molar-refractivity contribution in [2.45, 2.75) is 38.0 Å². The van der Waals surface area contributed by atoms with Crippen LogP contribution < -0.4 is 10.6 Å². The van der Waals surface area contributed by atoms with Crippen molar-refractivity contribution in [3.8, 4) is 0 Å². The standard InChI is InChI=1S/C17H26N2O3S/c1-23(21,22)13-16-4-2-3-15(11-16)12-19-17(20)6-5-14-7-9-18-10-8-14/h2-4,11,14,18H,5-10,12-13H2,1H3,(H,19,20). The van der Waals surface area contributed by atoms with Gasteiger partial charge in [-0.05, 0) is 49.4 Å².